The standard InChI is InChI=1S/C16H10F4O/c17-13-7-3-11(4-8-13)1-2-12-5-9-14(10-6-12)21-16(20)15(18)19/h1-10H/b2-1+. The Morgan fingerprint density at radius 1 is 0.762 bits per heavy atom. The second-order valence-electron chi connectivity index (χ2n) is 4.09. The quantitative estimate of drug-likeness (QED) is 0.416. The summed E-state index contributed by atoms with van der Waals surface area (Å²) < 4.78 is 53.4. The van der Waals surface area contributed by atoms with Crippen molar-refractivity contribution in [2.24, 2.45) is 0 Å². The fourth-order valence-corrected chi connectivity index (χ4v) is 1.56. The Morgan fingerprint density at radius 3 is 1.71 bits per heavy atom. The second-order valence-corrected chi connectivity index (χ2v) is 4.09. The van der Waals surface area contributed by atoms with Crippen LogP contribution < -0.4 is 4.74 Å². The first-order valence-corrected chi connectivity index (χ1v) is 5.97. The molecule has 0 aromatic heterocycles. The first-order valence-electron chi connectivity index (χ1n) is 5.97. The molecule has 2 aromatic carbocycles. The lowest BCUT2D eigenvalue weighted by Gasteiger charge is -2.02. The van der Waals surface area contributed by atoms with Crippen molar-refractivity contribution in [3.8, 4) is 5.75 Å². The van der Waals surface area contributed by atoms with Gasteiger partial charge in [0.05, 0.1) is 0 Å². The van der Waals surface area contributed by atoms with Crippen LogP contribution in [-0.4, -0.2) is 0 Å². The number of halogens is 4. The molecular weight excluding hydrogens is 284 g/mol. The van der Waals surface area contributed by atoms with Crippen LogP contribution in [0.1, 0.15) is 11.1 Å². The summed E-state index contributed by atoms with van der Waals surface area (Å²) in [6, 6.07) is 9.91. The zero-order valence-electron chi connectivity index (χ0n) is 10.7. The second kappa shape index (κ2) is 6.74. The van der Waals surface area contributed by atoms with Gasteiger partial charge in [0, 0.05) is 0 Å². The van der Waals surface area contributed by atoms with Gasteiger partial charge in [0.2, 0.25) is 0 Å². The monoisotopic (exact) mass is 294 g/mol. The molecule has 0 saturated carbocycles. The van der Waals surface area contributed by atoms with Crippen molar-refractivity contribution in [1.82, 2.24) is 0 Å². The van der Waals surface area contributed by atoms with Crippen LogP contribution in [0.4, 0.5) is 17.6 Å². The van der Waals surface area contributed by atoms with E-state index in [0.717, 1.165) is 11.1 Å². The van der Waals surface area contributed by atoms with E-state index < -0.39 is 12.1 Å². The van der Waals surface area contributed by atoms with Gasteiger partial charge in [-0.25, -0.2) is 4.39 Å². The molecule has 0 saturated heterocycles. The molecule has 0 heterocycles. The molecule has 0 bridgehead atoms. The van der Waals surface area contributed by atoms with E-state index in [1.807, 2.05) is 0 Å². The highest BCUT2D eigenvalue weighted by Gasteiger charge is 2.07. The molecule has 108 valence electrons. The third-order valence-electron chi connectivity index (χ3n) is 2.57. The van der Waals surface area contributed by atoms with Gasteiger partial charge >= 0.3 is 12.1 Å². The van der Waals surface area contributed by atoms with E-state index >= 15 is 0 Å². The van der Waals surface area contributed by atoms with E-state index in [1.54, 1.807) is 36.4 Å². The maximum absolute atomic E-state index is 12.7. The van der Waals surface area contributed by atoms with Gasteiger partial charge in [-0.2, -0.15) is 13.2 Å². The van der Waals surface area contributed by atoms with Gasteiger partial charge in [-0.05, 0) is 35.4 Å². The van der Waals surface area contributed by atoms with E-state index in [1.165, 1.54) is 24.3 Å². The van der Waals surface area contributed by atoms with Crippen molar-refractivity contribution in [3.05, 3.63) is 77.6 Å². The molecular formula is C16H10F4O. The summed E-state index contributed by atoms with van der Waals surface area (Å²) in [6.07, 6.45) is 1.01. The molecule has 1 nitrogen and oxygen atoms in total. The average molecular weight is 294 g/mol. The van der Waals surface area contributed by atoms with Crippen LogP contribution in [0.25, 0.3) is 12.2 Å². The number of hydrogen-bond acceptors (Lipinski definition) is 1. The summed E-state index contributed by atoms with van der Waals surface area (Å²) in [7, 11) is 0. The minimum absolute atomic E-state index is 0.0285. The molecule has 5 heteroatoms. The van der Waals surface area contributed by atoms with Gasteiger partial charge < -0.3 is 4.74 Å². The third-order valence-corrected chi connectivity index (χ3v) is 2.57. The van der Waals surface area contributed by atoms with E-state index in [4.69, 9.17) is 0 Å². The summed E-state index contributed by atoms with van der Waals surface area (Å²) in [4.78, 5) is 0. The van der Waals surface area contributed by atoms with Crippen molar-refractivity contribution in [3.63, 3.8) is 0 Å². The Kier molecular flexibility index (Phi) is 4.77. The summed E-state index contributed by atoms with van der Waals surface area (Å²) in [6.45, 7) is 0. The lowest BCUT2D eigenvalue weighted by Crippen LogP contribution is -1.90. The molecule has 0 spiro atoms. The zero-order chi connectivity index (χ0) is 15.2. The SMILES string of the molecule is FC(F)=C(F)Oc1ccc(/C=C/c2ccc(F)cc2)cc1. The minimum Gasteiger partial charge on any atom is -0.428 e. The highest BCUT2D eigenvalue weighted by Crippen LogP contribution is 2.19. The van der Waals surface area contributed by atoms with Gasteiger partial charge in [-0.1, -0.05) is 36.4 Å². The fourth-order valence-electron chi connectivity index (χ4n) is 1.56. The van der Waals surface area contributed by atoms with Gasteiger partial charge in [0.15, 0.2) is 0 Å². The highest BCUT2D eigenvalue weighted by atomic mass is 19.3. The molecule has 0 amide bonds. The maximum atomic E-state index is 12.7. The van der Waals surface area contributed by atoms with Gasteiger partial charge in [0.1, 0.15) is 11.6 Å². The van der Waals surface area contributed by atoms with Crippen molar-refractivity contribution in [2.75, 3.05) is 0 Å². The summed E-state index contributed by atoms with van der Waals surface area (Å²) in [5.74, 6) is -0.344. The van der Waals surface area contributed by atoms with Crippen molar-refractivity contribution >= 4 is 12.2 Å². The molecule has 0 atom stereocenters. The van der Waals surface area contributed by atoms with Crippen LogP contribution in [0.3, 0.4) is 0 Å². The minimum atomic E-state index is -2.50. The zero-order valence-corrected chi connectivity index (χ0v) is 10.7. The van der Waals surface area contributed by atoms with E-state index in [2.05, 4.69) is 4.74 Å². The lowest BCUT2D eigenvalue weighted by atomic mass is 10.1. The highest BCUT2D eigenvalue weighted by molar-refractivity contribution is 5.69. The van der Waals surface area contributed by atoms with Crippen LogP contribution >= 0.6 is 0 Å². The topological polar surface area (TPSA) is 9.23 Å². The van der Waals surface area contributed by atoms with E-state index in [9.17, 15) is 17.6 Å². The van der Waals surface area contributed by atoms with Crippen molar-refractivity contribution < 1.29 is 22.3 Å². The normalized spacial score (nSPS) is 10.7. The first kappa shape index (κ1) is 14.8. The van der Waals surface area contributed by atoms with Crippen LogP contribution in [0, 0.1) is 5.82 Å². The molecule has 2 aromatic rings. The molecule has 0 aliphatic rings. The van der Waals surface area contributed by atoms with Crippen LogP contribution in [0.5, 0.6) is 5.75 Å². The first-order chi connectivity index (χ1) is 10.0. The Hall–Kier alpha value is -2.56. The van der Waals surface area contributed by atoms with Crippen molar-refractivity contribution in [2.45, 2.75) is 0 Å². The maximum Gasteiger partial charge on any atom is 0.344 e. The number of ether oxygens (including phenoxy) is 1. The van der Waals surface area contributed by atoms with Crippen LogP contribution in [0.2, 0.25) is 0 Å². The summed E-state index contributed by atoms with van der Waals surface area (Å²) in [5, 5.41) is 0. The van der Waals surface area contributed by atoms with Gasteiger partial charge in [0.25, 0.3) is 0 Å². The molecule has 2 rings (SSSR count). The predicted octanol–water partition coefficient (Wildman–Crippen LogP) is 5.41. The third kappa shape index (κ3) is 4.49. The van der Waals surface area contributed by atoms with Crippen molar-refractivity contribution in [1.29, 1.82) is 0 Å². The van der Waals surface area contributed by atoms with Crippen LogP contribution in [0.15, 0.2) is 60.6 Å². The summed E-state index contributed by atoms with van der Waals surface area (Å²) in [5.41, 5.74) is 1.57. The fraction of sp³-hybridized carbons (Fsp3) is 0. The number of rotatable bonds is 4. The Bertz CT molecular complexity index is 654. The number of hydrogen-bond donors (Lipinski definition) is 0. The molecule has 0 fully saturated rings. The van der Waals surface area contributed by atoms with E-state index in [0.29, 0.717) is 0 Å². The molecule has 0 aliphatic carbocycles. The lowest BCUT2D eigenvalue weighted by molar-refractivity contribution is 0.241. The largest absolute Gasteiger partial charge is 0.428 e. The smallest absolute Gasteiger partial charge is 0.344 e. The predicted molar refractivity (Wildman–Crippen MR) is 72.7 cm³/mol. The molecule has 21 heavy (non-hydrogen) atoms. The van der Waals surface area contributed by atoms with Gasteiger partial charge in [-0.3, -0.25) is 0 Å². The van der Waals surface area contributed by atoms with Crippen LogP contribution in [-0.2, 0) is 0 Å². The Balaban J connectivity index is 2.05. The number of benzene rings is 2. The molecule has 0 aliphatic heterocycles. The molecule has 0 N–H and O–H groups in total. The van der Waals surface area contributed by atoms with Gasteiger partial charge in [-0.15, -0.1) is 0 Å². The Labute approximate surface area is 118 Å². The Morgan fingerprint density at radius 2 is 1.24 bits per heavy atom. The summed E-state index contributed by atoms with van der Waals surface area (Å²) >= 11 is 0. The van der Waals surface area contributed by atoms with E-state index in [-0.39, 0.29) is 11.6 Å². The average Bonchev–Trinajstić information content (AvgIpc) is 2.48. The molecule has 0 radical (unpaired) electrons. The molecule has 0 unspecified atom stereocenters.